The van der Waals surface area contributed by atoms with E-state index in [1.54, 1.807) is 0 Å². The van der Waals surface area contributed by atoms with Crippen LogP contribution in [0.25, 0.3) is 66.8 Å². The third-order valence-corrected chi connectivity index (χ3v) is 15.0. The predicted octanol–water partition coefficient (Wildman–Crippen LogP) is 17.1. The molecule has 0 saturated heterocycles. The molecule has 0 saturated carbocycles. The molecule has 1 heteroatoms. The molecule has 0 aliphatic heterocycles. The topological polar surface area (TPSA) is 3.24 Å². The quantitative estimate of drug-likeness (QED) is 0.161. The maximum absolute atomic E-state index is 2.42. The molecule has 0 N–H and O–H groups in total. The van der Waals surface area contributed by atoms with Gasteiger partial charge < -0.3 is 4.90 Å². The minimum absolute atomic E-state index is 0.0608. The highest BCUT2D eigenvalue weighted by molar-refractivity contribution is 6.03. The average molecular weight is 842 g/mol. The van der Waals surface area contributed by atoms with Crippen LogP contribution in [0.15, 0.2) is 231 Å². The van der Waals surface area contributed by atoms with Gasteiger partial charge in [-0.3, -0.25) is 0 Å². The zero-order valence-corrected chi connectivity index (χ0v) is 37.4. The molecule has 3 aliphatic rings. The lowest BCUT2D eigenvalue weighted by molar-refractivity contribution is 0.660. The van der Waals surface area contributed by atoms with Crippen LogP contribution in [0, 0.1) is 6.92 Å². The van der Waals surface area contributed by atoms with Crippen molar-refractivity contribution in [1.82, 2.24) is 0 Å². The second-order valence-corrected chi connectivity index (χ2v) is 18.9. The van der Waals surface area contributed by atoms with E-state index >= 15 is 0 Å². The standard InChI is InChI=1S/C65H47N/c1-42-30-35-47(36-31-42)66(49-19-13-18-45(40-49)46-34-39-53-52-20-7-10-25-56(52)64(2,3)61(53)41-46)48-37-32-44(33-38-48)51-24-15-29-60-63(51)55-22-9-12-27-58(55)65(60)57-26-11-8-21-54(57)62-50(23-14-28-59(62)65)43-16-5-4-6-17-43/h4-41H,1-3H3. The van der Waals surface area contributed by atoms with E-state index in [1.807, 2.05) is 0 Å². The number of hydrogen-bond donors (Lipinski definition) is 0. The van der Waals surface area contributed by atoms with Crippen molar-refractivity contribution < 1.29 is 0 Å². The second kappa shape index (κ2) is 14.5. The van der Waals surface area contributed by atoms with Crippen molar-refractivity contribution >= 4 is 17.1 Å². The van der Waals surface area contributed by atoms with Gasteiger partial charge in [0, 0.05) is 22.5 Å². The van der Waals surface area contributed by atoms with Crippen LogP contribution < -0.4 is 4.90 Å². The van der Waals surface area contributed by atoms with Crippen molar-refractivity contribution in [3.63, 3.8) is 0 Å². The van der Waals surface area contributed by atoms with Crippen molar-refractivity contribution in [3.05, 3.63) is 269 Å². The minimum Gasteiger partial charge on any atom is -0.310 e. The third kappa shape index (κ3) is 5.47. The number of nitrogens with zero attached hydrogens (tertiary/aromatic N) is 1. The fourth-order valence-corrected chi connectivity index (χ4v) is 12.0. The lowest BCUT2D eigenvalue weighted by atomic mass is 9.70. The van der Waals surface area contributed by atoms with Crippen LogP contribution >= 0.6 is 0 Å². The summed E-state index contributed by atoms with van der Waals surface area (Å²) < 4.78 is 0. The molecule has 10 aromatic rings. The predicted molar refractivity (Wildman–Crippen MR) is 276 cm³/mol. The largest absolute Gasteiger partial charge is 0.310 e. The maximum Gasteiger partial charge on any atom is 0.0725 e. The molecule has 3 aliphatic carbocycles. The van der Waals surface area contributed by atoms with Gasteiger partial charge in [0.15, 0.2) is 0 Å². The smallest absolute Gasteiger partial charge is 0.0725 e. The Morgan fingerprint density at radius 1 is 0.288 bits per heavy atom. The fraction of sp³-hybridized carbons (Fsp3) is 0.0769. The first-order chi connectivity index (χ1) is 32.4. The zero-order chi connectivity index (χ0) is 44.1. The summed E-state index contributed by atoms with van der Waals surface area (Å²) in [5, 5.41) is 0. The summed E-state index contributed by atoms with van der Waals surface area (Å²) in [5.41, 5.74) is 27.7. The Labute approximate surface area is 388 Å². The molecule has 1 nitrogen and oxygen atoms in total. The molecule has 0 heterocycles. The summed E-state index contributed by atoms with van der Waals surface area (Å²) in [7, 11) is 0. The van der Waals surface area contributed by atoms with Crippen molar-refractivity contribution in [1.29, 1.82) is 0 Å². The number of hydrogen-bond acceptors (Lipinski definition) is 1. The van der Waals surface area contributed by atoms with Crippen LogP contribution in [0.2, 0.25) is 0 Å². The van der Waals surface area contributed by atoms with Crippen molar-refractivity contribution in [2.75, 3.05) is 4.90 Å². The van der Waals surface area contributed by atoms with Crippen molar-refractivity contribution in [2.24, 2.45) is 0 Å². The zero-order valence-electron chi connectivity index (χ0n) is 37.4. The lowest BCUT2D eigenvalue weighted by Crippen LogP contribution is -2.25. The number of fused-ring (bicyclic) bond motifs is 13. The van der Waals surface area contributed by atoms with E-state index < -0.39 is 5.41 Å². The minimum atomic E-state index is -0.440. The molecule has 13 rings (SSSR count). The summed E-state index contributed by atoms with van der Waals surface area (Å²) in [5.74, 6) is 0. The van der Waals surface area contributed by atoms with Crippen LogP contribution in [-0.4, -0.2) is 0 Å². The first-order valence-electron chi connectivity index (χ1n) is 23.3. The Balaban J connectivity index is 0.930. The van der Waals surface area contributed by atoms with Crippen LogP contribution in [0.4, 0.5) is 17.1 Å². The highest BCUT2D eigenvalue weighted by Gasteiger charge is 2.52. The molecular weight excluding hydrogens is 795 g/mol. The SMILES string of the molecule is Cc1ccc(N(c2ccc(-c3cccc4c3-c3ccccc3C43c4ccccc4-c4c(-c5ccccc5)cccc43)cc2)c2cccc(-c3ccc4c(c3)C(C)(C)c3ccccc3-4)c2)cc1. The van der Waals surface area contributed by atoms with Crippen molar-refractivity contribution in [2.45, 2.75) is 31.6 Å². The van der Waals surface area contributed by atoms with E-state index in [9.17, 15) is 0 Å². The van der Waals surface area contributed by atoms with Gasteiger partial charge in [-0.25, -0.2) is 0 Å². The van der Waals surface area contributed by atoms with E-state index in [4.69, 9.17) is 0 Å². The van der Waals surface area contributed by atoms with Crippen LogP contribution in [0.5, 0.6) is 0 Å². The molecule has 0 fully saturated rings. The summed E-state index contributed by atoms with van der Waals surface area (Å²) in [6, 6.07) is 86.2. The van der Waals surface area contributed by atoms with Gasteiger partial charge in [-0.1, -0.05) is 207 Å². The molecule has 1 unspecified atom stereocenters. The van der Waals surface area contributed by atoms with Gasteiger partial charge in [0.25, 0.3) is 0 Å². The van der Waals surface area contributed by atoms with Gasteiger partial charge in [0.1, 0.15) is 0 Å². The van der Waals surface area contributed by atoms with Crippen LogP contribution in [0.3, 0.4) is 0 Å². The number of aryl methyl sites for hydroxylation is 1. The van der Waals surface area contributed by atoms with E-state index in [2.05, 4.69) is 256 Å². The molecule has 0 radical (unpaired) electrons. The molecule has 0 amide bonds. The monoisotopic (exact) mass is 841 g/mol. The summed E-state index contributed by atoms with van der Waals surface area (Å²) >= 11 is 0. The van der Waals surface area contributed by atoms with Crippen LogP contribution in [-0.2, 0) is 10.8 Å². The first-order valence-corrected chi connectivity index (χ1v) is 23.3. The number of benzene rings is 10. The summed E-state index contributed by atoms with van der Waals surface area (Å²) in [4.78, 5) is 2.40. The Bertz CT molecular complexity index is 3560. The van der Waals surface area contributed by atoms with E-state index in [1.165, 1.54) is 106 Å². The van der Waals surface area contributed by atoms with E-state index in [0.29, 0.717) is 0 Å². The summed E-state index contributed by atoms with van der Waals surface area (Å²) in [6.45, 7) is 6.87. The van der Waals surface area contributed by atoms with E-state index in [-0.39, 0.29) is 5.41 Å². The van der Waals surface area contributed by atoms with Gasteiger partial charge in [0.05, 0.1) is 5.41 Å². The van der Waals surface area contributed by atoms with Crippen molar-refractivity contribution in [3.8, 4) is 66.8 Å². The van der Waals surface area contributed by atoms with Gasteiger partial charge in [-0.2, -0.15) is 0 Å². The Hall–Kier alpha value is -8.00. The highest BCUT2D eigenvalue weighted by Crippen LogP contribution is 2.65. The van der Waals surface area contributed by atoms with Gasteiger partial charge >= 0.3 is 0 Å². The fourth-order valence-electron chi connectivity index (χ4n) is 12.0. The third-order valence-electron chi connectivity index (χ3n) is 15.0. The van der Waals surface area contributed by atoms with Crippen LogP contribution in [0.1, 0.15) is 52.8 Å². The van der Waals surface area contributed by atoms with Gasteiger partial charge in [-0.15, -0.1) is 0 Å². The molecule has 0 bridgehead atoms. The average Bonchev–Trinajstić information content (AvgIpc) is 3.94. The number of anilines is 3. The molecule has 1 spiro atoms. The normalized spacial score (nSPS) is 15.4. The van der Waals surface area contributed by atoms with Gasteiger partial charge in [-0.05, 0) is 150 Å². The van der Waals surface area contributed by atoms with Gasteiger partial charge in [0.2, 0.25) is 0 Å². The molecule has 0 aromatic heterocycles. The second-order valence-electron chi connectivity index (χ2n) is 18.9. The highest BCUT2D eigenvalue weighted by atomic mass is 15.1. The first kappa shape index (κ1) is 38.5. The molecule has 312 valence electrons. The molecule has 66 heavy (non-hydrogen) atoms. The van der Waals surface area contributed by atoms with E-state index in [0.717, 1.165) is 17.1 Å². The molecule has 10 aromatic carbocycles. The Morgan fingerprint density at radius 3 is 1.36 bits per heavy atom. The maximum atomic E-state index is 2.42. The lowest BCUT2D eigenvalue weighted by Gasteiger charge is -2.30. The molecule has 1 atom stereocenters. The Morgan fingerprint density at radius 2 is 0.727 bits per heavy atom. The molecular formula is C65H47N. The Kier molecular flexibility index (Phi) is 8.45. The summed E-state index contributed by atoms with van der Waals surface area (Å²) in [6.07, 6.45) is 0. The number of rotatable bonds is 6.